The van der Waals surface area contributed by atoms with Gasteiger partial charge < -0.3 is 53.0 Å². The number of anilines is 6. The number of rotatable bonds is 7. The number of amidine groups is 1. The van der Waals surface area contributed by atoms with Gasteiger partial charge in [-0.1, -0.05) is 71.7 Å². The minimum atomic E-state index is -0.493. The van der Waals surface area contributed by atoms with Gasteiger partial charge in [-0.05, 0) is 101 Å². The Labute approximate surface area is 356 Å². The normalized spacial score (nSPS) is 9.80. The zero-order chi connectivity index (χ0) is 42.9. The molecule has 6 aromatic rings. The van der Waals surface area contributed by atoms with Crippen LogP contribution in [0.4, 0.5) is 48.5 Å². The van der Waals surface area contributed by atoms with E-state index in [4.69, 9.17) is 39.6 Å². The average Bonchev–Trinajstić information content (AvgIpc) is 3.21. The average molecular weight is 900 g/mol. The van der Waals surface area contributed by atoms with E-state index in [-0.39, 0.29) is 50.2 Å². The summed E-state index contributed by atoms with van der Waals surface area (Å²) < 4.78 is 0.747. The van der Waals surface area contributed by atoms with E-state index in [1.54, 1.807) is 66.7 Å². The molecule has 0 bridgehead atoms. The third-order valence-electron chi connectivity index (χ3n) is 7.43. The van der Waals surface area contributed by atoms with Crippen molar-refractivity contribution in [3.8, 4) is 23.3 Å². The minimum absolute atomic E-state index is 0.000761. The Morgan fingerprint density at radius 1 is 0.593 bits per heavy atom. The van der Waals surface area contributed by atoms with Gasteiger partial charge >= 0.3 is 18.1 Å². The molecule has 0 atom stereocenters. The van der Waals surface area contributed by atoms with Crippen LogP contribution < -0.4 is 37.6 Å². The summed E-state index contributed by atoms with van der Waals surface area (Å²) in [5, 5.41) is 60.7. The van der Waals surface area contributed by atoms with E-state index in [9.17, 15) is 29.7 Å². The molecule has 12 N–H and O–H groups in total. The number of para-hydroxylation sites is 3. The van der Waals surface area contributed by atoms with Gasteiger partial charge in [0.15, 0.2) is 5.75 Å². The Hall–Kier alpha value is -7.45. The highest BCUT2D eigenvalue weighted by Crippen LogP contribution is 2.37. The van der Waals surface area contributed by atoms with Gasteiger partial charge in [-0.15, -0.1) is 0 Å². The highest BCUT2D eigenvalue weighted by atomic mass is 79.9. The lowest BCUT2D eigenvalue weighted by molar-refractivity contribution is 0.261. The summed E-state index contributed by atoms with van der Waals surface area (Å²) in [4.78, 5) is 35.3. The number of nitrogen functional groups attached to an aromatic ring is 1. The third-order valence-corrected chi connectivity index (χ3v) is 8.92. The van der Waals surface area contributed by atoms with Crippen LogP contribution in [0.2, 0.25) is 10.0 Å². The number of hydrogen-bond donors (Lipinski definition) is 11. The van der Waals surface area contributed by atoms with Crippen LogP contribution in [-0.2, 0) is 0 Å². The molecular weight excluding hydrogens is 865 g/mol. The van der Waals surface area contributed by atoms with Crippen molar-refractivity contribution in [3.05, 3.63) is 159 Å². The van der Waals surface area contributed by atoms with Crippen LogP contribution in [0.5, 0.6) is 17.2 Å². The number of phenols is 3. The van der Waals surface area contributed by atoms with Crippen molar-refractivity contribution in [2.24, 2.45) is 5.73 Å². The molecule has 0 aromatic heterocycles. The predicted molar refractivity (Wildman–Crippen MR) is 235 cm³/mol. The van der Waals surface area contributed by atoms with Crippen molar-refractivity contribution in [2.75, 3.05) is 31.9 Å². The van der Waals surface area contributed by atoms with E-state index in [2.05, 4.69) is 47.8 Å². The molecule has 0 spiro atoms. The molecule has 18 heteroatoms. The van der Waals surface area contributed by atoms with E-state index in [0.717, 1.165) is 4.47 Å². The van der Waals surface area contributed by atoms with Crippen LogP contribution >= 0.6 is 39.1 Å². The maximum atomic E-state index is 11.9. The molecule has 0 saturated carbocycles. The Morgan fingerprint density at radius 3 is 1.56 bits per heavy atom. The lowest BCUT2D eigenvalue weighted by Crippen LogP contribution is -2.20. The number of hydrogen-bond acceptors (Lipinski definition) is 8. The van der Waals surface area contributed by atoms with Crippen molar-refractivity contribution in [1.29, 1.82) is 10.7 Å². The molecule has 0 saturated heterocycles. The molecule has 300 valence electrons. The van der Waals surface area contributed by atoms with Crippen LogP contribution in [0, 0.1) is 16.7 Å². The molecule has 0 aliphatic carbocycles. The second-order valence-corrected chi connectivity index (χ2v) is 13.3. The summed E-state index contributed by atoms with van der Waals surface area (Å²) in [6.45, 7) is 0. The van der Waals surface area contributed by atoms with Gasteiger partial charge in [-0.25, -0.2) is 14.4 Å². The number of phenolic OH excluding ortho intramolecular Hbond substituents is 3. The zero-order valence-corrected chi connectivity index (χ0v) is 33.5. The maximum Gasteiger partial charge on any atom is 0.323 e. The van der Waals surface area contributed by atoms with E-state index >= 15 is 0 Å². The topological polar surface area (TPSA) is 258 Å². The number of halogens is 3. The van der Waals surface area contributed by atoms with Gasteiger partial charge in [0, 0.05) is 21.4 Å². The number of amides is 6. The summed E-state index contributed by atoms with van der Waals surface area (Å²) in [7, 11) is 0. The van der Waals surface area contributed by atoms with Gasteiger partial charge in [-0.3, -0.25) is 5.41 Å². The van der Waals surface area contributed by atoms with Gasteiger partial charge in [-0.2, -0.15) is 5.26 Å². The Balaban J connectivity index is 0.000000196. The molecule has 0 unspecified atom stereocenters. The molecule has 0 aliphatic heterocycles. The Kier molecular flexibility index (Phi) is 16.3. The fourth-order valence-corrected chi connectivity index (χ4v) is 5.30. The van der Waals surface area contributed by atoms with Gasteiger partial charge in [0.2, 0.25) is 0 Å². The third kappa shape index (κ3) is 13.9. The van der Waals surface area contributed by atoms with Crippen LogP contribution in [0.15, 0.2) is 138 Å². The van der Waals surface area contributed by atoms with Crippen LogP contribution in [0.25, 0.3) is 0 Å². The van der Waals surface area contributed by atoms with Crippen LogP contribution in [0.1, 0.15) is 11.1 Å². The molecule has 15 nitrogen and oxygen atoms in total. The monoisotopic (exact) mass is 897 g/mol. The van der Waals surface area contributed by atoms with Gasteiger partial charge in [0.25, 0.3) is 0 Å². The number of carbonyl (C=O) groups excluding carboxylic acids is 3. The number of benzene rings is 6. The number of nitrogens with zero attached hydrogens (tertiary/aromatic N) is 1. The standard InChI is InChI=1S/C14H13BrN4O2.C14H11N3O2.C13H10Cl2N2O2/c15-9-3-1-2-4-10(9)18-14(21)19-11-6-5-8(13(16)17)7-12(11)20;15-9-10-6-7-12(13(18)8-10)17-14(19)16-11-4-2-1-3-5-11;14-9-6-7-10(12(18)11(9)15)17-13(19)16-8-4-2-1-3-5-8/h1-7,20H,(H3,16,17)(H2,18,19,21);1-8,18H,(H2,16,17,19);1-7,18H,(H2,16,17,19). The fourth-order valence-electron chi connectivity index (χ4n) is 4.60. The van der Waals surface area contributed by atoms with Crippen molar-refractivity contribution in [1.82, 2.24) is 0 Å². The Bertz CT molecular complexity index is 2490. The molecule has 6 rings (SSSR count). The quantitative estimate of drug-likeness (QED) is 0.0416. The number of nitriles is 1. The van der Waals surface area contributed by atoms with Crippen molar-refractivity contribution in [2.45, 2.75) is 0 Å². The SMILES string of the molecule is N#Cc1ccc(NC(=O)Nc2ccccc2)c(O)c1.N=C(N)c1ccc(NC(=O)Nc2ccccc2Br)c(O)c1.O=C(Nc1ccccc1)Nc1ccc(Cl)c(Cl)c1O. The highest BCUT2D eigenvalue weighted by Gasteiger charge is 2.13. The maximum absolute atomic E-state index is 11.9. The minimum Gasteiger partial charge on any atom is -0.506 e. The summed E-state index contributed by atoms with van der Waals surface area (Å²) in [5.41, 5.74) is 8.57. The second-order valence-electron chi connectivity index (χ2n) is 11.7. The lowest BCUT2D eigenvalue weighted by atomic mass is 10.2. The number of nitrogens with one attached hydrogen (secondary N) is 7. The molecule has 0 radical (unpaired) electrons. The molecule has 6 amide bonds. The Morgan fingerprint density at radius 2 is 1.05 bits per heavy atom. The first-order valence-corrected chi connectivity index (χ1v) is 18.4. The molecule has 0 heterocycles. The first-order valence-electron chi connectivity index (χ1n) is 16.9. The van der Waals surface area contributed by atoms with Crippen molar-refractivity contribution in [3.63, 3.8) is 0 Å². The van der Waals surface area contributed by atoms with Crippen LogP contribution in [-0.4, -0.2) is 39.2 Å². The smallest absolute Gasteiger partial charge is 0.323 e. The van der Waals surface area contributed by atoms with Crippen molar-refractivity contribution >= 4 is 97.2 Å². The first-order chi connectivity index (χ1) is 28.2. The summed E-state index contributed by atoms with van der Waals surface area (Å²) >= 11 is 14.8. The highest BCUT2D eigenvalue weighted by molar-refractivity contribution is 9.10. The number of carbonyl (C=O) groups is 3. The first kappa shape index (κ1) is 44.3. The molecule has 59 heavy (non-hydrogen) atoms. The lowest BCUT2D eigenvalue weighted by Gasteiger charge is -2.11. The molecule has 6 aromatic carbocycles. The summed E-state index contributed by atoms with van der Waals surface area (Å²) in [6, 6.07) is 37.0. The van der Waals surface area contributed by atoms with Gasteiger partial charge in [0.05, 0.1) is 39.4 Å². The van der Waals surface area contributed by atoms with Crippen molar-refractivity contribution < 1.29 is 29.7 Å². The second kappa shape index (κ2) is 21.7. The van der Waals surface area contributed by atoms with Gasteiger partial charge in [0.1, 0.15) is 22.4 Å². The number of urea groups is 3. The summed E-state index contributed by atoms with van der Waals surface area (Å²) in [6.07, 6.45) is 0. The van der Waals surface area contributed by atoms with E-state index < -0.39 is 18.1 Å². The van der Waals surface area contributed by atoms with E-state index in [1.165, 1.54) is 48.5 Å². The molecular formula is C41H34BrCl2N9O6. The van der Waals surface area contributed by atoms with E-state index in [0.29, 0.717) is 28.2 Å². The molecule has 0 fully saturated rings. The number of nitrogens with two attached hydrogens (primary N) is 1. The predicted octanol–water partition coefficient (Wildman–Crippen LogP) is 10.3. The van der Waals surface area contributed by atoms with E-state index in [1.807, 2.05) is 24.3 Å². The largest absolute Gasteiger partial charge is 0.506 e. The zero-order valence-electron chi connectivity index (χ0n) is 30.4. The fraction of sp³-hybridized carbons (Fsp3) is 0. The van der Waals surface area contributed by atoms with Crippen LogP contribution in [0.3, 0.4) is 0 Å². The number of aromatic hydroxyl groups is 3. The molecule has 0 aliphatic rings. The summed E-state index contributed by atoms with van der Waals surface area (Å²) in [5.74, 6) is -0.737.